The first-order chi connectivity index (χ1) is 12.4. The Hall–Kier alpha value is -3.75. The van der Waals surface area contributed by atoms with Crippen molar-refractivity contribution in [3.63, 3.8) is 0 Å². The van der Waals surface area contributed by atoms with Crippen molar-refractivity contribution in [1.82, 2.24) is 4.90 Å². The van der Waals surface area contributed by atoms with Crippen molar-refractivity contribution in [2.24, 2.45) is 0 Å². The molecule has 0 saturated carbocycles. The molecule has 0 aromatic heterocycles. The number of amides is 3. The van der Waals surface area contributed by atoms with Gasteiger partial charge in [-0.2, -0.15) is 0 Å². The van der Waals surface area contributed by atoms with E-state index in [1.165, 1.54) is 19.1 Å². The van der Waals surface area contributed by atoms with E-state index in [0.29, 0.717) is 11.4 Å². The fraction of sp³-hybridized carbons (Fsp3) is 0.118. The number of rotatable bonds is 5. The Labute approximate surface area is 147 Å². The molecule has 2 aromatic rings. The Morgan fingerprint density at radius 1 is 1.04 bits per heavy atom. The average molecular weight is 354 g/mol. The summed E-state index contributed by atoms with van der Waals surface area (Å²) in [6.45, 7) is 1.32. The monoisotopic (exact) mass is 354 g/mol. The molecule has 0 saturated heterocycles. The third-order valence-electron chi connectivity index (χ3n) is 3.81. The fourth-order valence-electron chi connectivity index (χ4n) is 2.58. The molecule has 1 aliphatic heterocycles. The van der Waals surface area contributed by atoms with Crippen LogP contribution >= 0.6 is 0 Å². The molecule has 26 heavy (non-hydrogen) atoms. The van der Waals surface area contributed by atoms with Crippen LogP contribution in [0.5, 0.6) is 0 Å². The molecule has 0 unspecified atom stereocenters. The van der Waals surface area contributed by atoms with Crippen LogP contribution < -0.4 is 10.6 Å². The zero-order valence-electron chi connectivity index (χ0n) is 13.7. The Morgan fingerprint density at radius 2 is 1.65 bits per heavy atom. The lowest BCUT2D eigenvalue weighted by atomic mass is 10.1. The number of nitrogens with one attached hydrogen (secondary N) is 2. The molecule has 1 aliphatic rings. The topological polar surface area (TPSA) is 122 Å². The summed E-state index contributed by atoms with van der Waals surface area (Å²) in [6, 6.07) is 10.3. The number of carbonyl (C=O) groups excluding carboxylic acids is 3. The quantitative estimate of drug-likeness (QED) is 0.482. The lowest BCUT2D eigenvalue weighted by molar-refractivity contribution is -0.384. The zero-order chi connectivity index (χ0) is 18.8. The number of nitro benzene ring substituents is 1. The molecule has 132 valence electrons. The molecule has 0 bridgehead atoms. The van der Waals surface area contributed by atoms with Gasteiger partial charge in [-0.15, -0.1) is 0 Å². The summed E-state index contributed by atoms with van der Waals surface area (Å²) in [5.41, 5.74) is 1.18. The first-order valence-electron chi connectivity index (χ1n) is 7.63. The molecule has 9 nitrogen and oxygen atoms in total. The lowest BCUT2D eigenvalue weighted by Gasteiger charge is -2.15. The maximum Gasteiger partial charge on any atom is 0.270 e. The van der Waals surface area contributed by atoms with Crippen molar-refractivity contribution in [3.8, 4) is 0 Å². The van der Waals surface area contributed by atoms with Gasteiger partial charge in [0, 0.05) is 30.4 Å². The average Bonchev–Trinajstić information content (AvgIpc) is 2.84. The summed E-state index contributed by atoms with van der Waals surface area (Å²) in [7, 11) is 0. The summed E-state index contributed by atoms with van der Waals surface area (Å²) >= 11 is 0. The second kappa shape index (κ2) is 6.63. The number of non-ortho nitro benzene ring substituents is 1. The second-order valence-corrected chi connectivity index (χ2v) is 5.62. The van der Waals surface area contributed by atoms with Crippen LogP contribution in [0.2, 0.25) is 0 Å². The molecule has 0 radical (unpaired) electrons. The molecule has 0 aliphatic carbocycles. The molecule has 2 aromatic carbocycles. The molecule has 3 amide bonds. The van der Waals surface area contributed by atoms with E-state index in [4.69, 9.17) is 0 Å². The molecule has 0 spiro atoms. The summed E-state index contributed by atoms with van der Waals surface area (Å²) in [4.78, 5) is 46.9. The van der Waals surface area contributed by atoms with Gasteiger partial charge in [-0.3, -0.25) is 29.4 Å². The van der Waals surface area contributed by atoms with Gasteiger partial charge in [0.15, 0.2) is 0 Å². The predicted molar refractivity (Wildman–Crippen MR) is 92.8 cm³/mol. The maximum atomic E-state index is 12.4. The van der Waals surface area contributed by atoms with E-state index in [1.54, 1.807) is 24.3 Å². The highest BCUT2D eigenvalue weighted by atomic mass is 16.6. The van der Waals surface area contributed by atoms with Gasteiger partial charge >= 0.3 is 0 Å². The SMILES string of the molecule is CC(=O)Nc1ccc(NCN2C(=O)c3ccc([N+](=O)[O-])cc3C2=O)cc1. The summed E-state index contributed by atoms with van der Waals surface area (Å²) < 4.78 is 0. The molecular formula is C17H14N4O5. The van der Waals surface area contributed by atoms with E-state index >= 15 is 0 Å². The third-order valence-corrected chi connectivity index (χ3v) is 3.81. The minimum atomic E-state index is -0.615. The van der Waals surface area contributed by atoms with E-state index in [-0.39, 0.29) is 29.4 Å². The second-order valence-electron chi connectivity index (χ2n) is 5.62. The summed E-state index contributed by atoms with van der Waals surface area (Å²) in [5.74, 6) is -1.29. The maximum absolute atomic E-state index is 12.4. The Bertz CT molecular complexity index is 923. The van der Waals surface area contributed by atoms with Gasteiger partial charge in [-0.1, -0.05) is 0 Å². The molecule has 1 heterocycles. The van der Waals surface area contributed by atoms with E-state index in [9.17, 15) is 24.5 Å². The van der Waals surface area contributed by atoms with E-state index in [0.717, 1.165) is 11.0 Å². The van der Waals surface area contributed by atoms with Crippen molar-refractivity contribution in [1.29, 1.82) is 0 Å². The summed E-state index contributed by atoms with van der Waals surface area (Å²) in [6.07, 6.45) is 0. The Morgan fingerprint density at radius 3 is 2.27 bits per heavy atom. The molecule has 2 N–H and O–H groups in total. The lowest BCUT2D eigenvalue weighted by Crippen LogP contribution is -2.34. The van der Waals surface area contributed by atoms with E-state index in [1.807, 2.05) is 0 Å². The first-order valence-corrected chi connectivity index (χ1v) is 7.63. The largest absolute Gasteiger partial charge is 0.367 e. The van der Waals surface area contributed by atoms with Gasteiger partial charge in [0.25, 0.3) is 17.5 Å². The highest BCUT2D eigenvalue weighted by molar-refractivity contribution is 6.21. The third kappa shape index (κ3) is 3.22. The number of fused-ring (bicyclic) bond motifs is 1. The fourth-order valence-corrected chi connectivity index (χ4v) is 2.58. The van der Waals surface area contributed by atoms with Crippen LogP contribution in [-0.2, 0) is 4.79 Å². The molecule has 9 heteroatoms. The van der Waals surface area contributed by atoms with Crippen molar-refractivity contribution in [3.05, 3.63) is 63.7 Å². The van der Waals surface area contributed by atoms with E-state index < -0.39 is 16.7 Å². The number of hydrogen-bond donors (Lipinski definition) is 2. The van der Waals surface area contributed by atoms with Crippen LogP contribution in [0.4, 0.5) is 17.1 Å². The van der Waals surface area contributed by atoms with Crippen LogP contribution in [0.1, 0.15) is 27.6 Å². The van der Waals surface area contributed by atoms with Crippen LogP contribution in [-0.4, -0.2) is 34.2 Å². The zero-order valence-corrected chi connectivity index (χ0v) is 13.7. The van der Waals surface area contributed by atoms with Crippen molar-refractivity contribution < 1.29 is 19.3 Å². The number of nitro groups is 1. The van der Waals surface area contributed by atoms with Crippen molar-refractivity contribution in [2.75, 3.05) is 17.3 Å². The number of anilines is 2. The van der Waals surface area contributed by atoms with Gasteiger partial charge < -0.3 is 10.6 Å². The summed E-state index contributed by atoms with van der Waals surface area (Å²) in [5, 5.41) is 16.4. The number of benzene rings is 2. The van der Waals surface area contributed by atoms with Gasteiger partial charge in [0.2, 0.25) is 5.91 Å². The predicted octanol–water partition coefficient (Wildman–Crippen LogP) is 2.22. The molecular weight excluding hydrogens is 340 g/mol. The van der Waals surface area contributed by atoms with Gasteiger partial charge in [0.05, 0.1) is 22.7 Å². The Balaban J connectivity index is 1.71. The molecule has 0 fully saturated rings. The molecule has 0 atom stereocenters. The van der Waals surface area contributed by atoms with E-state index in [2.05, 4.69) is 10.6 Å². The number of imide groups is 1. The normalized spacial score (nSPS) is 12.7. The van der Waals surface area contributed by atoms with Gasteiger partial charge in [-0.05, 0) is 30.3 Å². The van der Waals surface area contributed by atoms with Crippen LogP contribution in [0.15, 0.2) is 42.5 Å². The highest BCUT2D eigenvalue weighted by Gasteiger charge is 2.36. The van der Waals surface area contributed by atoms with Crippen LogP contribution in [0, 0.1) is 10.1 Å². The first kappa shape index (κ1) is 17.1. The van der Waals surface area contributed by atoms with Gasteiger partial charge in [0.1, 0.15) is 0 Å². The minimum absolute atomic E-state index is 0.0204. The number of hydrogen-bond acceptors (Lipinski definition) is 6. The number of nitrogens with zero attached hydrogens (tertiary/aromatic N) is 2. The standard InChI is InChI=1S/C17H14N4O5/c1-10(22)19-12-4-2-11(3-5-12)18-9-20-16(23)14-7-6-13(21(25)26)8-15(14)17(20)24/h2-8,18H,9H2,1H3,(H,19,22). The van der Waals surface area contributed by atoms with Crippen molar-refractivity contribution >= 4 is 34.8 Å². The van der Waals surface area contributed by atoms with Crippen LogP contribution in [0.25, 0.3) is 0 Å². The van der Waals surface area contributed by atoms with Gasteiger partial charge in [-0.25, -0.2) is 0 Å². The smallest absolute Gasteiger partial charge is 0.270 e. The Kier molecular flexibility index (Phi) is 4.36. The highest BCUT2D eigenvalue weighted by Crippen LogP contribution is 2.26. The minimum Gasteiger partial charge on any atom is -0.367 e. The van der Waals surface area contributed by atoms with Crippen molar-refractivity contribution in [2.45, 2.75) is 6.92 Å². The van der Waals surface area contributed by atoms with Crippen LogP contribution in [0.3, 0.4) is 0 Å². The molecule has 3 rings (SSSR count). The number of carbonyl (C=O) groups is 3.